The van der Waals surface area contributed by atoms with Crippen LogP contribution in [0.4, 0.5) is 5.69 Å². The van der Waals surface area contributed by atoms with E-state index < -0.39 is 0 Å². The van der Waals surface area contributed by atoms with E-state index in [0.717, 1.165) is 19.4 Å². The molecule has 100 valence electrons. The van der Waals surface area contributed by atoms with Gasteiger partial charge >= 0.3 is 0 Å². The quantitative estimate of drug-likeness (QED) is 0.865. The van der Waals surface area contributed by atoms with E-state index >= 15 is 0 Å². The van der Waals surface area contributed by atoms with Crippen LogP contribution in [0.3, 0.4) is 0 Å². The number of nitrogens with zero attached hydrogens (tertiary/aromatic N) is 1. The van der Waals surface area contributed by atoms with Gasteiger partial charge < -0.3 is 10.6 Å². The highest BCUT2D eigenvalue weighted by Gasteiger charge is 2.33. The molecular weight excluding hydrogens is 220 g/mol. The Balaban J connectivity index is 2.20. The van der Waals surface area contributed by atoms with E-state index in [1.165, 1.54) is 11.3 Å². The number of hydrogen-bond donors (Lipinski definition) is 1. The second-order valence-corrected chi connectivity index (χ2v) is 6.46. The summed E-state index contributed by atoms with van der Waals surface area (Å²) in [6.07, 6.45) is 2.16. The molecule has 1 aliphatic rings. The number of hydrogen-bond acceptors (Lipinski definition) is 2. The largest absolute Gasteiger partial charge is 0.366 e. The standard InChI is InChI=1S/C16H26N2/c1-12(2)13-5-7-15(8-6-13)18-10-9-14(17)11-16(18,3)4/h5-8,12,14H,9-11,17H2,1-4H3. The minimum absolute atomic E-state index is 0.164. The molecule has 0 spiro atoms. The highest BCUT2D eigenvalue weighted by Crippen LogP contribution is 2.32. The first-order chi connectivity index (χ1) is 8.40. The maximum Gasteiger partial charge on any atom is 0.0370 e. The summed E-state index contributed by atoms with van der Waals surface area (Å²) in [6, 6.07) is 9.38. The average Bonchev–Trinajstić information content (AvgIpc) is 2.28. The third-order valence-corrected chi connectivity index (χ3v) is 4.09. The molecule has 0 aliphatic carbocycles. The zero-order chi connectivity index (χ0) is 13.3. The lowest BCUT2D eigenvalue weighted by atomic mass is 9.86. The van der Waals surface area contributed by atoms with Crippen molar-refractivity contribution in [3.05, 3.63) is 29.8 Å². The number of benzene rings is 1. The molecule has 2 nitrogen and oxygen atoms in total. The third-order valence-electron chi connectivity index (χ3n) is 4.09. The summed E-state index contributed by atoms with van der Waals surface area (Å²) in [7, 11) is 0. The van der Waals surface area contributed by atoms with Crippen molar-refractivity contribution < 1.29 is 0 Å². The molecule has 0 radical (unpaired) electrons. The first-order valence-electron chi connectivity index (χ1n) is 7.03. The van der Waals surface area contributed by atoms with Crippen molar-refractivity contribution in [2.24, 2.45) is 5.73 Å². The molecule has 18 heavy (non-hydrogen) atoms. The molecule has 1 saturated heterocycles. The molecule has 1 aromatic carbocycles. The van der Waals surface area contributed by atoms with Crippen LogP contribution in [0.1, 0.15) is 52.0 Å². The average molecular weight is 246 g/mol. The molecule has 1 fully saturated rings. The van der Waals surface area contributed by atoms with Crippen LogP contribution in [0, 0.1) is 0 Å². The lowest BCUT2D eigenvalue weighted by Crippen LogP contribution is -2.53. The van der Waals surface area contributed by atoms with Gasteiger partial charge in [-0.15, -0.1) is 0 Å². The van der Waals surface area contributed by atoms with E-state index in [-0.39, 0.29) is 5.54 Å². The summed E-state index contributed by atoms with van der Waals surface area (Å²) < 4.78 is 0. The second kappa shape index (κ2) is 4.93. The Morgan fingerprint density at radius 3 is 2.33 bits per heavy atom. The van der Waals surface area contributed by atoms with Gasteiger partial charge in [0, 0.05) is 23.8 Å². The van der Waals surface area contributed by atoms with Gasteiger partial charge in [0.05, 0.1) is 0 Å². The van der Waals surface area contributed by atoms with Crippen molar-refractivity contribution in [1.82, 2.24) is 0 Å². The lowest BCUT2D eigenvalue weighted by Gasteiger charge is -2.46. The highest BCUT2D eigenvalue weighted by atomic mass is 15.2. The van der Waals surface area contributed by atoms with Crippen LogP contribution in [0.2, 0.25) is 0 Å². The SMILES string of the molecule is CC(C)c1ccc(N2CCC(N)CC2(C)C)cc1. The monoisotopic (exact) mass is 246 g/mol. The highest BCUT2D eigenvalue weighted by molar-refractivity contribution is 5.51. The molecule has 2 N–H and O–H groups in total. The van der Waals surface area contributed by atoms with Crippen molar-refractivity contribution in [2.75, 3.05) is 11.4 Å². The van der Waals surface area contributed by atoms with Crippen LogP contribution in [0.25, 0.3) is 0 Å². The predicted octanol–water partition coefficient (Wildman–Crippen LogP) is 3.52. The lowest BCUT2D eigenvalue weighted by molar-refractivity contribution is 0.327. The first kappa shape index (κ1) is 13.4. The number of nitrogens with two attached hydrogens (primary N) is 1. The van der Waals surface area contributed by atoms with Gasteiger partial charge in [-0.25, -0.2) is 0 Å². The Morgan fingerprint density at radius 2 is 1.83 bits per heavy atom. The van der Waals surface area contributed by atoms with Gasteiger partial charge in [-0.05, 0) is 50.3 Å². The summed E-state index contributed by atoms with van der Waals surface area (Å²) in [5, 5.41) is 0. The zero-order valence-electron chi connectivity index (χ0n) is 12.1. The Labute approximate surface area is 111 Å². The van der Waals surface area contributed by atoms with Crippen molar-refractivity contribution in [3.8, 4) is 0 Å². The van der Waals surface area contributed by atoms with Crippen molar-refractivity contribution in [3.63, 3.8) is 0 Å². The second-order valence-electron chi connectivity index (χ2n) is 6.46. The molecule has 1 unspecified atom stereocenters. The van der Waals surface area contributed by atoms with Gasteiger partial charge in [0.25, 0.3) is 0 Å². The van der Waals surface area contributed by atoms with Crippen LogP contribution < -0.4 is 10.6 Å². The molecule has 1 heterocycles. The van der Waals surface area contributed by atoms with Crippen LogP contribution in [-0.2, 0) is 0 Å². The first-order valence-corrected chi connectivity index (χ1v) is 7.03. The summed E-state index contributed by atoms with van der Waals surface area (Å²) in [5.74, 6) is 0.599. The minimum Gasteiger partial charge on any atom is -0.366 e. The summed E-state index contributed by atoms with van der Waals surface area (Å²) in [5.41, 5.74) is 8.99. The van der Waals surface area contributed by atoms with E-state index in [1.807, 2.05) is 0 Å². The summed E-state index contributed by atoms with van der Waals surface area (Å²) in [6.45, 7) is 10.1. The molecule has 0 bridgehead atoms. The van der Waals surface area contributed by atoms with E-state index in [1.54, 1.807) is 0 Å². The smallest absolute Gasteiger partial charge is 0.0370 e. The number of piperidine rings is 1. The summed E-state index contributed by atoms with van der Waals surface area (Å²) in [4.78, 5) is 2.50. The zero-order valence-corrected chi connectivity index (χ0v) is 12.1. The van der Waals surface area contributed by atoms with E-state index in [2.05, 4.69) is 56.9 Å². The maximum absolute atomic E-state index is 6.09. The fourth-order valence-corrected chi connectivity index (χ4v) is 2.97. The van der Waals surface area contributed by atoms with Crippen LogP contribution in [0.5, 0.6) is 0 Å². The van der Waals surface area contributed by atoms with E-state index in [0.29, 0.717) is 12.0 Å². The van der Waals surface area contributed by atoms with Gasteiger partial charge in [0.15, 0.2) is 0 Å². The molecule has 2 rings (SSSR count). The molecule has 1 atom stereocenters. The van der Waals surface area contributed by atoms with Crippen molar-refractivity contribution >= 4 is 5.69 Å². The molecular formula is C16H26N2. The van der Waals surface area contributed by atoms with E-state index in [4.69, 9.17) is 5.73 Å². The molecule has 1 aromatic rings. The molecule has 2 heteroatoms. The minimum atomic E-state index is 0.164. The van der Waals surface area contributed by atoms with Gasteiger partial charge in [0.1, 0.15) is 0 Å². The molecule has 0 saturated carbocycles. The Morgan fingerprint density at radius 1 is 1.22 bits per heavy atom. The Bertz CT molecular complexity index is 392. The number of anilines is 1. The third kappa shape index (κ3) is 2.69. The van der Waals surface area contributed by atoms with Crippen LogP contribution in [0.15, 0.2) is 24.3 Å². The van der Waals surface area contributed by atoms with Crippen molar-refractivity contribution in [2.45, 2.75) is 58.0 Å². The van der Waals surface area contributed by atoms with Crippen LogP contribution >= 0.6 is 0 Å². The van der Waals surface area contributed by atoms with Gasteiger partial charge in [-0.2, -0.15) is 0 Å². The Hall–Kier alpha value is -1.02. The normalized spacial score (nSPS) is 23.4. The van der Waals surface area contributed by atoms with Gasteiger partial charge in [-0.3, -0.25) is 0 Å². The Kier molecular flexibility index (Phi) is 3.67. The predicted molar refractivity (Wildman–Crippen MR) is 79.2 cm³/mol. The van der Waals surface area contributed by atoms with Crippen molar-refractivity contribution in [1.29, 1.82) is 0 Å². The van der Waals surface area contributed by atoms with Crippen LogP contribution in [-0.4, -0.2) is 18.1 Å². The fraction of sp³-hybridized carbons (Fsp3) is 0.625. The van der Waals surface area contributed by atoms with Gasteiger partial charge in [-0.1, -0.05) is 26.0 Å². The molecule has 1 aliphatic heterocycles. The maximum atomic E-state index is 6.09. The molecule has 0 amide bonds. The fourth-order valence-electron chi connectivity index (χ4n) is 2.97. The topological polar surface area (TPSA) is 29.3 Å². The molecule has 0 aromatic heterocycles. The summed E-state index contributed by atoms with van der Waals surface area (Å²) >= 11 is 0. The number of rotatable bonds is 2. The van der Waals surface area contributed by atoms with Gasteiger partial charge in [0.2, 0.25) is 0 Å². The van der Waals surface area contributed by atoms with E-state index in [9.17, 15) is 0 Å².